The molecule has 0 spiro atoms. The molecule has 1 heterocycles. The van der Waals surface area contributed by atoms with E-state index in [0.717, 1.165) is 0 Å². The highest BCUT2D eigenvalue weighted by Crippen LogP contribution is 2.31. The first kappa shape index (κ1) is 28.7. The number of carbonyl (C=O) groups excluding carboxylic acids is 1. The zero-order valence-corrected chi connectivity index (χ0v) is 22.2. The van der Waals surface area contributed by atoms with E-state index >= 15 is 0 Å². The van der Waals surface area contributed by atoms with Crippen LogP contribution in [0.2, 0.25) is 10.0 Å². The summed E-state index contributed by atoms with van der Waals surface area (Å²) >= 11 is 12.5. The summed E-state index contributed by atoms with van der Waals surface area (Å²) in [5, 5.41) is 24.8. The number of carboxylic acid groups (broad SMARTS) is 1. The van der Waals surface area contributed by atoms with E-state index in [1.165, 1.54) is 10.8 Å². The predicted molar refractivity (Wildman–Crippen MR) is 144 cm³/mol. The van der Waals surface area contributed by atoms with Crippen molar-refractivity contribution in [3.05, 3.63) is 80.2 Å². The molecule has 202 valence electrons. The number of pyridine rings is 1. The Morgan fingerprint density at radius 3 is 2.45 bits per heavy atom. The molecule has 3 aromatic rings. The Balaban J connectivity index is 1.90. The standard InChI is InChI=1S/C26H27Cl2N3O7/c1-3-37-16-8-5-7-15(11-16)20(12-22(32)33)29-26(36)30-23-24(34)19(28)14-31(25(23)35)13-17-18(27)9-6-10-21(17)38-4-2/h5-11,14,20,34H,3-4,12-13H2,1-2H3,(H,32,33)(H2,29,30,36)/t20-/m0/s1. The molecule has 0 saturated carbocycles. The number of urea groups is 1. The third kappa shape index (κ3) is 7.11. The first-order chi connectivity index (χ1) is 18.1. The molecule has 12 heteroatoms. The van der Waals surface area contributed by atoms with Crippen LogP contribution < -0.4 is 25.7 Å². The molecule has 0 bridgehead atoms. The lowest BCUT2D eigenvalue weighted by molar-refractivity contribution is -0.137. The van der Waals surface area contributed by atoms with Gasteiger partial charge in [-0.15, -0.1) is 0 Å². The summed E-state index contributed by atoms with van der Waals surface area (Å²) < 4.78 is 12.2. The summed E-state index contributed by atoms with van der Waals surface area (Å²) in [6, 6.07) is 9.78. The fourth-order valence-corrected chi connectivity index (χ4v) is 4.16. The maximum absolute atomic E-state index is 13.2. The van der Waals surface area contributed by atoms with E-state index in [9.17, 15) is 24.6 Å². The Kier molecular flexibility index (Phi) is 9.86. The lowest BCUT2D eigenvalue weighted by Gasteiger charge is -2.19. The van der Waals surface area contributed by atoms with Crippen molar-refractivity contribution in [2.75, 3.05) is 18.5 Å². The molecule has 0 unspecified atom stereocenters. The summed E-state index contributed by atoms with van der Waals surface area (Å²) in [6.45, 7) is 4.33. The van der Waals surface area contributed by atoms with Crippen molar-refractivity contribution < 1.29 is 29.3 Å². The predicted octanol–water partition coefficient (Wildman–Crippen LogP) is 5.04. The number of halogens is 2. The van der Waals surface area contributed by atoms with Crippen LogP contribution >= 0.6 is 23.2 Å². The van der Waals surface area contributed by atoms with E-state index in [1.54, 1.807) is 56.3 Å². The quantitative estimate of drug-likeness (QED) is 0.256. The number of carbonyl (C=O) groups is 2. The second kappa shape index (κ2) is 13.1. The number of amides is 2. The second-order valence-electron chi connectivity index (χ2n) is 8.04. The van der Waals surface area contributed by atoms with Gasteiger partial charge in [-0.1, -0.05) is 41.4 Å². The van der Waals surface area contributed by atoms with Gasteiger partial charge in [-0.25, -0.2) is 4.79 Å². The number of nitrogens with one attached hydrogen (secondary N) is 2. The fraction of sp³-hybridized carbons (Fsp3) is 0.269. The minimum absolute atomic E-state index is 0.0595. The highest BCUT2D eigenvalue weighted by atomic mass is 35.5. The number of aliphatic carboxylic acids is 1. The van der Waals surface area contributed by atoms with Gasteiger partial charge in [-0.3, -0.25) is 9.59 Å². The fourth-order valence-electron chi connectivity index (χ4n) is 3.73. The molecule has 0 saturated heterocycles. The van der Waals surface area contributed by atoms with Crippen LogP contribution in [-0.4, -0.2) is 40.0 Å². The molecule has 1 aromatic heterocycles. The van der Waals surface area contributed by atoms with Gasteiger partial charge in [0.25, 0.3) is 5.56 Å². The van der Waals surface area contributed by atoms with Crippen molar-refractivity contribution in [1.29, 1.82) is 0 Å². The number of benzene rings is 2. The molecule has 38 heavy (non-hydrogen) atoms. The highest BCUT2D eigenvalue weighted by molar-refractivity contribution is 6.32. The van der Waals surface area contributed by atoms with Crippen LogP contribution in [0.1, 0.15) is 37.4 Å². The number of hydrogen-bond acceptors (Lipinski definition) is 6. The largest absolute Gasteiger partial charge is 0.504 e. The Morgan fingerprint density at radius 2 is 1.76 bits per heavy atom. The van der Waals surface area contributed by atoms with Crippen LogP contribution in [0.3, 0.4) is 0 Å². The Labute approximate surface area is 228 Å². The van der Waals surface area contributed by atoms with E-state index in [-0.39, 0.29) is 11.6 Å². The average Bonchev–Trinajstić information content (AvgIpc) is 2.87. The van der Waals surface area contributed by atoms with Gasteiger partial charge in [0, 0.05) is 16.8 Å². The number of ether oxygens (including phenoxy) is 2. The summed E-state index contributed by atoms with van der Waals surface area (Å²) in [6.07, 6.45) is 0.773. The third-order valence-corrected chi connectivity index (χ3v) is 6.04. The van der Waals surface area contributed by atoms with Crippen molar-refractivity contribution in [3.8, 4) is 17.2 Å². The van der Waals surface area contributed by atoms with Crippen molar-refractivity contribution in [2.24, 2.45) is 0 Å². The first-order valence-corrected chi connectivity index (χ1v) is 12.4. The number of anilines is 1. The molecule has 0 fully saturated rings. The number of rotatable bonds is 11. The lowest BCUT2D eigenvalue weighted by atomic mass is 10.0. The molecule has 1 atom stereocenters. The van der Waals surface area contributed by atoms with Crippen LogP contribution in [0.25, 0.3) is 0 Å². The van der Waals surface area contributed by atoms with Crippen LogP contribution in [0, 0.1) is 0 Å². The van der Waals surface area contributed by atoms with Gasteiger partial charge in [0.1, 0.15) is 16.5 Å². The topological polar surface area (TPSA) is 139 Å². The summed E-state index contributed by atoms with van der Waals surface area (Å²) in [5.74, 6) is -0.826. The second-order valence-corrected chi connectivity index (χ2v) is 8.85. The maximum Gasteiger partial charge on any atom is 0.319 e. The van der Waals surface area contributed by atoms with Crippen LogP contribution in [0.15, 0.2) is 53.5 Å². The molecule has 10 nitrogen and oxygen atoms in total. The van der Waals surface area contributed by atoms with Crippen molar-refractivity contribution >= 4 is 40.9 Å². The van der Waals surface area contributed by atoms with Crippen molar-refractivity contribution in [3.63, 3.8) is 0 Å². The summed E-state index contributed by atoms with van der Waals surface area (Å²) in [5.41, 5.74) is -0.274. The molecular formula is C26H27Cl2N3O7. The molecular weight excluding hydrogens is 537 g/mol. The van der Waals surface area contributed by atoms with Gasteiger partial charge in [0.05, 0.1) is 32.2 Å². The lowest BCUT2D eigenvalue weighted by Crippen LogP contribution is -2.36. The SMILES string of the molecule is CCOc1cccc([C@H](CC(=O)O)NC(=O)Nc2c(O)c(Cl)cn(Cc3c(Cl)cccc3OCC)c2=O)c1. The van der Waals surface area contributed by atoms with E-state index in [0.29, 0.717) is 40.9 Å². The van der Waals surface area contributed by atoms with Gasteiger partial charge >= 0.3 is 12.0 Å². The van der Waals surface area contributed by atoms with Gasteiger partial charge in [0.15, 0.2) is 11.4 Å². The number of hydrogen-bond donors (Lipinski definition) is 4. The molecule has 0 aliphatic carbocycles. The van der Waals surface area contributed by atoms with E-state index in [2.05, 4.69) is 10.6 Å². The molecule has 3 rings (SSSR count). The minimum Gasteiger partial charge on any atom is -0.504 e. The smallest absolute Gasteiger partial charge is 0.319 e. The normalized spacial score (nSPS) is 11.5. The Bertz CT molecular complexity index is 1380. The van der Waals surface area contributed by atoms with Gasteiger partial charge in [-0.05, 0) is 43.7 Å². The van der Waals surface area contributed by atoms with Crippen LogP contribution in [-0.2, 0) is 11.3 Å². The zero-order valence-electron chi connectivity index (χ0n) is 20.7. The number of aromatic hydroxyl groups is 1. The molecule has 0 aliphatic heterocycles. The molecule has 2 aromatic carbocycles. The highest BCUT2D eigenvalue weighted by Gasteiger charge is 2.22. The third-order valence-electron chi connectivity index (χ3n) is 5.41. The van der Waals surface area contributed by atoms with Crippen molar-refractivity contribution in [1.82, 2.24) is 9.88 Å². The van der Waals surface area contributed by atoms with Gasteiger partial charge in [-0.2, -0.15) is 0 Å². The number of nitrogens with zero attached hydrogens (tertiary/aromatic N) is 1. The van der Waals surface area contributed by atoms with Crippen molar-refractivity contribution in [2.45, 2.75) is 32.9 Å². The first-order valence-electron chi connectivity index (χ1n) is 11.7. The Morgan fingerprint density at radius 1 is 1.05 bits per heavy atom. The number of aromatic nitrogens is 1. The summed E-state index contributed by atoms with van der Waals surface area (Å²) in [7, 11) is 0. The van der Waals surface area contributed by atoms with Crippen LogP contribution in [0.5, 0.6) is 17.2 Å². The molecule has 4 N–H and O–H groups in total. The van der Waals surface area contributed by atoms with Crippen LogP contribution in [0.4, 0.5) is 10.5 Å². The van der Waals surface area contributed by atoms with E-state index in [4.69, 9.17) is 32.7 Å². The molecule has 0 radical (unpaired) electrons. The Hall–Kier alpha value is -3.89. The zero-order chi connectivity index (χ0) is 27.8. The number of carboxylic acids is 1. The maximum atomic E-state index is 13.2. The van der Waals surface area contributed by atoms with Gasteiger partial charge < -0.3 is 34.9 Å². The van der Waals surface area contributed by atoms with E-state index < -0.39 is 41.5 Å². The van der Waals surface area contributed by atoms with E-state index in [1.807, 2.05) is 0 Å². The molecule has 2 amide bonds. The summed E-state index contributed by atoms with van der Waals surface area (Å²) in [4.78, 5) is 37.6. The van der Waals surface area contributed by atoms with Gasteiger partial charge in [0.2, 0.25) is 0 Å². The molecule has 0 aliphatic rings. The average molecular weight is 564 g/mol. The monoisotopic (exact) mass is 563 g/mol. The minimum atomic E-state index is -1.16.